The Morgan fingerprint density at radius 2 is 1.88 bits per heavy atom. The van der Waals surface area contributed by atoms with Crippen LogP contribution < -0.4 is 5.32 Å². The Bertz CT molecular complexity index is 732. The molecular formula is C19H26IN5. The summed E-state index contributed by atoms with van der Waals surface area (Å²) in [5.41, 5.74) is 5.15. The van der Waals surface area contributed by atoms with Crippen LogP contribution in [0, 0.1) is 0 Å². The number of likely N-dealkylation sites (tertiary alicyclic amines) is 1. The van der Waals surface area contributed by atoms with Gasteiger partial charge in [0.15, 0.2) is 5.96 Å². The first-order valence-corrected chi connectivity index (χ1v) is 8.97. The van der Waals surface area contributed by atoms with Crippen LogP contribution >= 0.6 is 24.0 Å². The average Bonchev–Trinajstić information content (AvgIpc) is 3.35. The van der Waals surface area contributed by atoms with Gasteiger partial charge >= 0.3 is 0 Å². The third kappa shape index (κ3) is 3.68. The van der Waals surface area contributed by atoms with E-state index in [1.165, 1.54) is 36.2 Å². The zero-order chi connectivity index (χ0) is 16.4. The van der Waals surface area contributed by atoms with E-state index < -0.39 is 0 Å². The van der Waals surface area contributed by atoms with Crippen molar-refractivity contribution in [3.8, 4) is 5.69 Å². The van der Waals surface area contributed by atoms with Crippen molar-refractivity contribution >= 4 is 29.9 Å². The molecule has 134 valence electrons. The lowest BCUT2D eigenvalue weighted by Crippen LogP contribution is -2.39. The fourth-order valence-electron chi connectivity index (χ4n) is 3.86. The van der Waals surface area contributed by atoms with Gasteiger partial charge in [0, 0.05) is 25.8 Å². The number of hydrogen-bond acceptors (Lipinski definition) is 2. The molecule has 5 nitrogen and oxygen atoms in total. The molecule has 0 saturated carbocycles. The quantitative estimate of drug-likeness (QED) is 0.443. The van der Waals surface area contributed by atoms with Crippen LogP contribution in [0.3, 0.4) is 0 Å². The molecule has 1 fully saturated rings. The Labute approximate surface area is 166 Å². The van der Waals surface area contributed by atoms with E-state index in [1.807, 2.05) is 7.05 Å². The first-order valence-electron chi connectivity index (χ1n) is 8.97. The number of nitrogens with zero attached hydrogens (tertiary/aromatic N) is 4. The van der Waals surface area contributed by atoms with Gasteiger partial charge in [0.05, 0.1) is 17.9 Å². The molecule has 2 aromatic rings. The summed E-state index contributed by atoms with van der Waals surface area (Å²) in [6.07, 6.45) is 6.02. The van der Waals surface area contributed by atoms with E-state index in [0.29, 0.717) is 0 Å². The van der Waals surface area contributed by atoms with Crippen molar-refractivity contribution in [2.75, 3.05) is 20.1 Å². The molecule has 1 aromatic heterocycles. The monoisotopic (exact) mass is 451 g/mol. The van der Waals surface area contributed by atoms with E-state index in [1.54, 1.807) is 0 Å². The van der Waals surface area contributed by atoms with Crippen molar-refractivity contribution in [2.45, 2.75) is 38.6 Å². The molecule has 0 atom stereocenters. The number of fused-ring (bicyclic) bond motifs is 1. The summed E-state index contributed by atoms with van der Waals surface area (Å²) in [4.78, 5) is 6.78. The van der Waals surface area contributed by atoms with Gasteiger partial charge in [0.25, 0.3) is 0 Å². The van der Waals surface area contributed by atoms with Gasteiger partial charge in [-0.2, -0.15) is 5.10 Å². The minimum Gasteiger partial charge on any atom is -0.351 e. The first kappa shape index (κ1) is 18.2. The highest BCUT2D eigenvalue weighted by atomic mass is 127. The molecule has 4 rings (SSSR count). The molecule has 1 aromatic carbocycles. The Morgan fingerprint density at radius 1 is 1.12 bits per heavy atom. The molecule has 1 saturated heterocycles. The van der Waals surface area contributed by atoms with Gasteiger partial charge in [-0.1, -0.05) is 18.2 Å². The second-order valence-electron chi connectivity index (χ2n) is 6.57. The maximum Gasteiger partial charge on any atom is 0.193 e. The Morgan fingerprint density at radius 3 is 2.60 bits per heavy atom. The van der Waals surface area contributed by atoms with Gasteiger partial charge in [-0.05, 0) is 49.8 Å². The van der Waals surface area contributed by atoms with E-state index in [4.69, 9.17) is 5.10 Å². The smallest absolute Gasteiger partial charge is 0.193 e. The van der Waals surface area contributed by atoms with Crippen LogP contribution in [0.2, 0.25) is 0 Å². The molecule has 2 aliphatic rings. The van der Waals surface area contributed by atoms with Gasteiger partial charge in [-0.3, -0.25) is 4.99 Å². The molecule has 0 radical (unpaired) electrons. The normalized spacial score (nSPS) is 16.7. The number of aliphatic imine (C=N–C) groups is 1. The van der Waals surface area contributed by atoms with Crippen LogP contribution in [0.15, 0.2) is 35.3 Å². The fraction of sp³-hybridized carbons (Fsp3) is 0.474. The molecule has 0 unspecified atom stereocenters. The molecular weight excluding hydrogens is 425 g/mol. The third-order valence-electron chi connectivity index (χ3n) is 5.05. The molecule has 0 bridgehead atoms. The Balaban J connectivity index is 0.00000182. The number of benzene rings is 1. The highest BCUT2D eigenvalue weighted by Gasteiger charge is 2.23. The maximum absolute atomic E-state index is 4.92. The second-order valence-corrected chi connectivity index (χ2v) is 6.57. The summed E-state index contributed by atoms with van der Waals surface area (Å²) in [7, 11) is 1.87. The summed E-state index contributed by atoms with van der Waals surface area (Å²) < 4.78 is 2.14. The molecule has 6 heteroatoms. The summed E-state index contributed by atoms with van der Waals surface area (Å²) in [6.45, 7) is 2.97. The molecule has 0 spiro atoms. The number of hydrogen-bond donors (Lipinski definition) is 1. The van der Waals surface area contributed by atoms with Crippen LogP contribution in [0.25, 0.3) is 5.69 Å². The van der Waals surface area contributed by atoms with Crippen molar-refractivity contribution in [1.82, 2.24) is 20.0 Å². The van der Waals surface area contributed by atoms with E-state index >= 15 is 0 Å². The highest BCUT2D eigenvalue weighted by molar-refractivity contribution is 14.0. The molecule has 2 heterocycles. The van der Waals surface area contributed by atoms with Crippen molar-refractivity contribution in [3.05, 3.63) is 47.3 Å². The van der Waals surface area contributed by atoms with Crippen LogP contribution in [0.1, 0.15) is 36.2 Å². The van der Waals surface area contributed by atoms with Crippen molar-refractivity contribution < 1.29 is 0 Å². The van der Waals surface area contributed by atoms with Gasteiger partial charge in [0.1, 0.15) is 0 Å². The first-order chi connectivity index (χ1) is 11.9. The van der Waals surface area contributed by atoms with Crippen molar-refractivity contribution in [2.24, 2.45) is 4.99 Å². The Hall–Kier alpha value is -1.57. The zero-order valence-corrected chi connectivity index (χ0v) is 17.1. The summed E-state index contributed by atoms with van der Waals surface area (Å²) >= 11 is 0. The van der Waals surface area contributed by atoms with Crippen molar-refractivity contribution in [3.63, 3.8) is 0 Å². The van der Waals surface area contributed by atoms with E-state index in [-0.39, 0.29) is 24.0 Å². The van der Waals surface area contributed by atoms with Crippen LogP contribution in [0.4, 0.5) is 0 Å². The fourth-order valence-corrected chi connectivity index (χ4v) is 3.86. The van der Waals surface area contributed by atoms with Gasteiger partial charge in [-0.15, -0.1) is 24.0 Å². The van der Waals surface area contributed by atoms with Crippen LogP contribution in [-0.4, -0.2) is 40.8 Å². The average molecular weight is 451 g/mol. The van der Waals surface area contributed by atoms with Crippen LogP contribution in [0.5, 0.6) is 0 Å². The van der Waals surface area contributed by atoms with Gasteiger partial charge < -0.3 is 10.2 Å². The van der Waals surface area contributed by atoms with Crippen LogP contribution in [-0.2, 0) is 19.4 Å². The maximum atomic E-state index is 4.92. The summed E-state index contributed by atoms with van der Waals surface area (Å²) in [5.74, 6) is 1.01. The second kappa shape index (κ2) is 8.21. The molecule has 1 aliphatic heterocycles. The standard InChI is InChI=1S/C19H25N5.HI/c1-20-19(23-12-5-6-13-23)21-14-17-16-10-7-11-18(16)24(22-17)15-8-3-2-4-9-15;/h2-4,8-9H,5-7,10-14H2,1H3,(H,20,21);1H. The molecule has 0 amide bonds. The lowest BCUT2D eigenvalue weighted by molar-refractivity contribution is 0.492. The third-order valence-corrected chi connectivity index (χ3v) is 5.05. The van der Waals surface area contributed by atoms with Gasteiger partial charge in [-0.25, -0.2) is 4.68 Å². The number of nitrogens with one attached hydrogen (secondary N) is 1. The highest BCUT2D eigenvalue weighted by Crippen LogP contribution is 2.27. The lowest BCUT2D eigenvalue weighted by Gasteiger charge is -2.20. The summed E-state index contributed by atoms with van der Waals surface area (Å²) in [6, 6.07) is 10.5. The SMILES string of the molecule is CN=C(NCc1nn(-c2ccccc2)c2c1CCC2)N1CCCC1.I. The lowest BCUT2D eigenvalue weighted by atomic mass is 10.2. The van der Waals surface area contributed by atoms with Gasteiger partial charge in [0.2, 0.25) is 0 Å². The Kier molecular flexibility index (Phi) is 5.98. The topological polar surface area (TPSA) is 45.5 Å². The summed E-state index contributed by atoms with van der Waals surface area (Å²) in [5, 5.41) is 8.44. The number of halogens is 1. The van der Waals surface area contributed by atoms with E-state index in [0.717, 1.165) is 44.1 Å². The number of aromatic nitrogens is 2. The van der Waals surface area contributed by atoms with E-state index in [9.17, 15) is 0 Å². The number of rotatable bonds is 3. The minimum absolute atomic E-state index is 0. The van der Waals surface area contributed by atoms with E-state index in [2.05, 4.69) is 50.2 Å². The minimum atomic E-state index is 0. The zero-order valence-electron chi connectivity index (χ0n) is 14.7. The molecule has 1 aliphatic carbocycles. The predicted molar refractivity (Wildman–Crippen MR) is 112 cm³/mol. The molecule has 25 heavy (non-hydrogen) atoms. The molecule has 1 N–H and O–H groups in total. The largest absolute Gasteiger partial charge is 0.351 e. The number of para-hydroxylation sites is 1. The number of guanidine groups is 1. The van der Waals surface area contributed by atoms with Crippen molar-refractivity contribution in [1.29, 1.82) is 0 Å². The predicted octanol–water partition coefficient (Wildman–Crippen LogP) is 3.15.